The molecule has 0 spiro atoms. The molecule has 2 heterocycles. The lowest BCUT2D eigenvalue weighted by Gasteiger charge is -2.19. The second-order valence-corrected chi connectivity index (χ2v) is 6.50. The molecule has 1 fully saturated rings. The van der Waals surface area contributed by atoms with Crippen LogP contribution in [0.2, 0.25) is 0 Å². The summed E-state index contributed by atoms with van der Waals surface area (Å²) in [6.45, 7) is -0.412. The molecule has 1 aliphatic rings. The van der Waals surface area contributed by atoms with Crippen LogP contribution < -0.4 is 20.3 Å². The van der Waals surface area contributed by atoms with Gasteiger partial charge in [0, 0.05) is 13.0 Å². The highest BCUT2D eigenvalue weighted by molar-refractivity contribution is 6.01. The Morgan fingerprint density at radius 1 is 1.20 bits per heavy atom. The fourth-order valence-electron chi connectivity index (χ4n) is 2.99. The van der Waals surface area contributed by atoms with E-state index < -0.39 is 30.4 Å². The van der Waals surface area contributed by atoms with E-state index in [0.29, 0.717) is 17.2 Å². The molecule has 1 atom stereocenters. The first-order chi connectivity index (χ1) is 14.5. The topological polar surface area (TPSA) is 127 Å². The maximum Gasteiger partial charge on any atom is 0.321 e. The molecule has 2 aromatic rings. The van der Waals surface area contributed by atoms with Crippen molar-refractivity contribution in [3.05, 3.63) is 48.4 Å². The quantitative estimate of drug-likeness (QED) is 0.651. The summed E-state index contributed by atoms with van der Waals surface area (Å²) in [5.41, 5.74) is 0.561. The summed E-state index contributed by atoms with van der Waals surface area (Å²) in [6, 6.07) is 9.57. The fourth-order valence-corrected chi connectivity index (χ4v) is 2.99. The SMILES string of the molecule is COc1ccccc1N1C[C@@H](C(=O)OCC(=O)NC(=O)NCc2ccco2)CC1=O. The molecule has 10 heteroatoms. The average Bonchev–Trinajstić information content (AvgIpc) is 3.40. The van der Waals surface area contributed by atoms with Gasteiger partial charge in [-0.2, -0.15) is 0 Å². The Hall–Kier alpha value is -3.82. The molecule has 0 saturated carbocycles. The third kappa shape index (κ3) is 5.16. The maximum atomic E-state index is 12.3. The zero-order chi connectivity index (χ0) is 21.5. The Kier molecular flexibility index (Phi) is 6.68. The van der Waals surface area contributed by atoms with E-state index in [1.165, 1.54) is 18.3 Å². The number of ether oxygens (including phenoxy) is 2. The van der Waals surface area contributed by atoms with Gasteiger partial charge in [-0.3, -0.25) is 19.7 Å². The smallest absolute Gasteiger partial charge is 0.321 e. The van der Waals surface area contributed by atoms with Crippen molar-refractivity contribution in [1.82, 2.24) is 10.6 Å². The number of benzene rings is 1. The van der Waals surface area contributed by atoms with Crippen LogP contribution in [-0.2, 0) is 25.7 Å². The van der Waals surface area contributed by atoms with Crippen molar-refractivity contribution in [2.45, 2.75) is 13.0 Å². The number of furan rings is 1. The molecular formula is C20H21N3O7. The molecule has 1 saturated heterocycles. The van der Waals surface area contributed by atoms with Crippen molar-refractivity contribution in [2.24, 2.45) is 5.92 Å². The number of carbonyl (C=O) groups excluding carboxylic acids is 4. The summed E-state index contributed by atoms with van der Waals surface area (Å²) in [7, 11) is 1.49. The molecule has 0 bridgehead atoms. The molecule has 0 unspecified atom stereocenters. The number of imide groups is 1. The minimum atomic E-state index is -0.786. The Bertz CT molecular complexity index is 926. The van der Waals surface area contributed by atoms with Gasteiger partial charge in [-0.25, -0.2) is 4.79 Å². The number of methoxy groups -OCH3 is 1. The monoisotopic (exact) mass is 415 g/mol. The van der Waals surface area contributed by atoms with E-state index in [1.54, 1.807) is 36.4 Å². The van der Waals surface area contributed by atoms with Crippen LogP contribution in [0.1, 0.15) is 12.2 Å². The number of nitrogens with zero attached hydrogens (tertiary/aromatic N) is 1. The first-order valence-electron chi connectivity index (χ1n) is 9.18. The second kappa shape index (κ2) is 9.59. The van der Waals surface area contributed by atoms with Crippen LogP contribution in [0.3, 0.4) is 0 Å². The van der Waals surface area contributed by atoms with Crippen LogP contribution in [0.15, 0.2) is 47.1 Å². The highest BCUT2D eigenvalue weighted by Crippen LogP contribution is 2.33. The van der Waals surface area contributed by atoms with Crippen molar-refractivity contribution < 1.29 is 33.1 Å². The highest BCUT2D eigenvalue weighted by atomic mass is 16.5. The molecule has 2 N–H and O–H groups in total. The van der Waals surface area contributed by atoms with Crippen LogP contribution in [-0.4, -0.2) is 44.1 Å². The van der Waals surface area contributed by atoms with Gasteiger partial charge >= 0.3 is 12.0 Å². The summed E-state index contributed by atoms with van der Waals surface area (Å²) < 4.78 is 15.3. The van der Waals surface area contributed by atoms with Gasteiger partial charge in [0.25, 0.3) is 5.91 Å². The van der Waals surface area contributed by atoms with Gasteiger partial charge in [0.1, 0.15) is 11.5 Å². The molecular weight excluding hydrogens is 394 g/mol. The average molecular weight is 415 g/mol. The number of carbonyl (C=O) groups is 4. The number of rotatable bonds is 7. The van der Waals surface area contributed by atoms with E-state index in [9.17, 15) is 19.2 Å². The molecule has 1 aromatic heterocycles. The van der Waals surface area contributed by atoms with Crippen LogP contribution >= 0.6 is 0 Å². The number of nitrogens with one attached hydrogen (secondary N) is 2. The minimum Gasteiger partial charge on any atom is -0.495 e. The second-order valence-electron chi connectivity index (χ2n) is 6.50. The van der Waals surface area contributed by atoms with Crippen molar-refractivity contribution in [2.75, 3.05) is 25.2 Å². The van der Waals surface area contributed by atoms with Gasteiger partial charge in [-0.1, -0.05) is 12.1 Å². The van der Waals surface area contributed by atoms with Crippen LogP contribution in [0.4, 0.5) is 10.5 Å². The standard InChI is InChI=1S/C20H21N3O7/c1-28-16-7-3-2-6-15(16)23-11-13(9-18(23)25)19(26)30-12-17(24)22-20(27)21-10-14-5-4-8-29-14/h2-8,13H,9-12H2,1H3,(H2,21,22,24,27)/t13-/m0/s1. The molecule has 1 aromatic carbocycles. The molecule has 30 heavy (non-hydrogen) atoms. The van der Waals surface area contributed by atoms with Gasteiger partial charge in [0.15, 0.2) is 6.61 Å². The zero-order valence-electron chi connectivity index (χ0n) is 16.3. The van der Waals surface area contributed by atoms with E-state index in [0.717, 1.165) is 0 Å². The first kappa shape index (κ1) is 20.9. The van der Waals surface area contributed by atoms with Crippen molar-refractivity contribution in [3.63, 3.8) is 0 Å². The third-order valence-corrected chi connectivity index (χ3v) is 4.44. The fraction of sp³-hybridized carbons (Fsp3) is 0.300. The maximum absolute atomic E-state index is 12.3. The van der Waals surface area contributed by atoms with Crippen LogP contribution in [0.5, 0.6) is 5.75 Å². The molecule has 1 aliphatic heterocycles. The summed E-state index contributed by atoms with van der Waals surface area (Å²) in [4.78, 5) is 49.5. The van der Waals surface area contributed by atoms with E-state index in [-0.39, 0.29) is 25.4 Å². The normalized spacial score (nSPS) is 15.6. The largest absolute Gasteiger partial charge is 0.495 e. The molecule has 3 rings (SSSR count). The first-order valence-corrected chi connectivity index (χ1v) is 9.18. The lowest BCUT2D eigenvalue weighted by molar-refractivity contribution is -0.152. The minimum absolute atomic E-state index is 0.0395. The molecule has 10 nitrogen and oxygen atoms in total. The number of amides is 4. The van der Waals surface area contributed by atoms with E-state index in [2.05, 4.69) is 5.32 Å². The number of para-hydroxylation sites is 2. The molecule has 0 radical (unpaired) electrons. The summed E-state index contributed by atoms with van der Waals surface area (Å²) in [6.07, 6.45) is 1.42. The lowest BCUT2D eigenvalue weighted by Crippen LogP contribution is -2.41. The Labute approximate surface area is 172 Å². The number of hydrogen-bond acceptors (Lipinski definition) is 7. The number of esters is 1. The highest BCUT2D eigenvalue weighted by Gasteiger charge is 2.37. The Morgan fingerprint density at radius 2 is 2.00 bits per heavy atom. The predicted molar refractivity (Wildman–Crippen MR) is 103 cm³/mol. The predicted octanol–water partition coefficient (Wildman–Crippen LogP) is 1.21. The zero-order valence-corrected chi connectivity index (χ0v) is 16.3. The Morgan fingerprint density at radius 3 is 2.73 bits per heavy atom. The summed E-state index contributed by atoms with van der Waals surface area (Å²) >= 11 is 0. The van der Waals surface area contributed by atoms with Gasteiger partial charge in [-0.05, 0) is 24.3 Å². The number of hydrogen-bond donors (Lipinski definition) is 2. The number of urea groups is 1. The number of anilines is 1. The Balaban J connectivity index is 1.45. The van der Waals surface area contributed by atoms with E-state index in [4.69, 9.17) is 13.9 Å². The molecule has 4 amide bonds. The van der Waals surface area contributed by atoms with Crippen LogP contribution in [0.25, 0.3) is 0 Å². The van der Waals surface area contributed by atoms with E-state index >= 15 is 0 Å². The van der Waals surface area contributed by atoms with Crippen molar-refractivity contribution >= 4 is 29.5 Å². The van der Waals surface area contributed by atoms with Gasteiger partial charge in [-0.15, -0.1) is 0 Å². The van der Waals surface area contributed by atoms with Gasteiger partial charge in [0.2, 0.25) is 5.91 Å². The summed E-state index contributed by atoms with van der Waals surface area (Å²) in [5.74, 6) is -1.40. The lowest BCUT2D eigenvalue weighted by atomic mass is 10.1. The summed E-state index contributed by atoms with van der Waals surface area (Å²) in [5, 5.41) is 4.48. The molecule has 0 aliphatic carbocycles. The van der Waals surface area contributed by atoms with E-state index in [1.807, 2.05) is 5.32 Å². The van der Waals surface area contributed by atoms with Crippen molar-refractivity contribution in [1.29, 1.82) is 0 Å². The third-order valence-electron chi connectivity index (χ3n) is 4.44. The van der Waals surface area contributed by atoms with Crippen LogP contribution in [0, 0.1) is 5.92 Å². The van der Waals surface area contributed by atoms with Crippen molar-refractivity contribution in [3.8, 4) is 5.75 Å². The van der Waals surface area contributed by atoms with Gasteiger partial charge < -0.3 is 24.1 Å². The van der Waals surface area contributed by atoms with Gasteiger partial charge in [0.05, 0.1) is 31.5 Å². The molecule has 158 valence electrons.